The summed E-state index contributed by atoms with van der Waals surface area (Å²) in [4.78, 5) is 30.6. The van der Waals surface area contributed by atoms with Gasteiger partial charge in [0.05, 0.1) is 5.75 Å². The summed E-state index contributed by atoms with van der Waals surface area (Å²) in [6, 6.07) is 0.963. The lowest BCUT2D eigenvalue weighted by Crippen LogP contribution is -2.37. The molecule has 172 valence electrons. The van der Waals surface area contributed by atoms with Crippen LogP contribution in [0.4, 0.5) is 6.01 Å². The van der Waals surface area contributed by atoms with Crippen molar-refractivity contribution in [1.82, 2.24) is 15.3 Å². The number of amides is 1. The molecule has 4 N–H and O–H groups in total. The minimum Gasteiger partial charge on any atom is -0.503 e. The molecule has 11 heteroatoms. The highest BCUT2D eigenvalue weighted by Gasteiger charge is 2.20. The van der Waals surface area contributed by atoms with Gasteiger partial charge < -0.3 is 19.8 Å². The summed E-state index contributed by atoms with van der Waals surface area (Å²) in [5, 5.41) is 12.9. The number of anilines is 1. The van der Waals surface area contributed by atoms with Crippen LogP contribution < -0.4 is 15.6 Å². The molecular formula is C20H30N4O6S. The van der Waals surface area contributed by atoms with Crippen molar-refractivity contribution in [2.24, 2.45) is 0 Å². The van der Waals surface area contributed by atoms with E-state index in [4.69, 9.17) is 4.42 Å². The monoisotopic (exact) mass is 454 g/mol. The smallest absolute Gasteiger partial charge is 0.309 e. The van der Waals surface area contributed by atoms with Crippen LogP contribution in [0.15, 0.2) is 27.7 Å². The maximum absolute atomic E-state index is 12.6. The van der Waals surface area contributed by atoms with Crippen molar-refractivity contribution in [3.63, 3.8) is 0 Å². The lowest BCUT2D eigenvalue weighted by molar-refractivity contribution is 0.0929. The van der Waals surface area contributed by atoms with Gasteiger partial charge in [0.15, 0.2) is 11.4 Å². The second-order valence-electron chi connectivity index (χ2n) is 7.30. The Morgan fingerprint density at radius 2 is 2.00 bits per heavy atom. The van der Waals surface area contributed by atoms with E-state index in [2.05, 4.69) is 26.9 Å². The van der Waals surface area contributed by atoms with Crippen molar-refractivity contribution < 1.29 is 22.7 Å². The normalized spacial score (nSPS) is 12.5. The SMILES string of the molecule is CCCCCCCC(Cc1cc[nH]c(=O)c1O)NC(=O)c1coc(NS(=O)(=O)CC)n1. The topological polar surface area (TPSA) is 154 Å². The lowest BCUT2D eigenvalue weighted by atomic mass is 9.99. The average Bonchev–Trinajstić information content (AvgIpc) is 3.19. The Bertz CT molecular complexity index is 1010. The van der Waals surface area contributed by atoms with Crippen LogP contribution in [0.2, 0.25) is 0 Å². The highest BCUT2D eigenvalue weighted by molar-refractivity contribution is 7.92. The van der Waals surface area contributed by atoms with Gasteiger partial charge in [0, 0.05) is 17.8 Å². The van der Waals surface area contributed by atoms with Gasteiger partial charge in [0.25, 0.3) is 11.5 Å². The first-order chi connectivity index (χ1) is 14.8. The second kappa shape index (κ2) is 11.5. The van der Waals surface area contributed by atoms with Crippen molar-refractivity contribution in [2.45, 2.75) is 64.8 Å². The summed E-state index contributed by atoms with van der Waals surface area (Å²) in [5.74, 6) is -1.06. The largest absolute Gasteiger partial charge is 0.503 e. The Kier molecular flexibility index (Phi) is 9.10. The number of rotatable bonds is 13. The van der Waals surface area contributed by atoms with Crippen LogP contribution in [-0.4, -0.2) is 41.2 Å². The Labute approximate surface area is 181 Å². The van der Waals surface area contributed by atoms with E-state index >= 15 is 0 Å². The molecule has 1 atom stereocenters. The molecule has 0 bridgehead atoms. The van der Waals surface area contributed by atoms with Crippen LogP contribution in [0.3, 0.4) is 0 Å². The molecule has 0 spiro atoms. The summed E-state index contributed by atoms with van der Waals surface area (Å²) in [7, 11) is -3.58. The summed E-state index contributed by atoms with van der Waals surface area (Å²) < 4.78 is 30.4. The van der Waals surface area contributed by atoms with Gasteiger partial charge in [-0.15, -0.1) is 0 Å². The molecule has 2 aromatic heterocycles. The summed E-state index contributed by atoms with van der Waals surface area (Å²) >= 11 is 0. The van der Waals surface area contributed by atoms with E-state index in [0.29, 0.717) is 12.0 Å². The van der Waals surface area contributed by atoms with Crippen LogP contribution in [0.25, 0.3) is 0 Å². The quantitative estimate of drug-likeness (QED) is 0.339. The molecule has 2 aromatic rings. The van der Waals surface area contributed by atoms with Gasteiger partial charge in [-0.3, -0.25) is 9.59 Å². The minimum absolute atomic E-state index is 0.0695. The van der Waals surface area contributed by atoms with E-state index in [-0.39, 0.29) is 35.7 Å². The van der Waals surface area contributed by atoms with Crippen molar-refractivity contribution in [3.05, 3.63) is 40.1 Å². The van der Waals surface area contributed by atoms with E-state index in [1.807, 2.05) is 0 Å². The number of oxazole rings is 1. The number of hydrogen-bond acceptors (Lipinski definition) is 7. The molecule has 2 heterocycles. The number of H-pyrrole nitrogens is 1. The fourth-order valence-electron chi connectivity index (χ4n) is 3.05. The molecule has 1 amide bonds. The van der Waals surface area contributed by atoms with Gasteiger partial charge in [-0.05, 0) is 25.8 Å². The molecule has 0 aliphatic rings. The van der Waals surface area contributed by atoms with Crippen LogP contribution >= 0.6 is 0 Å². The van der Waals surface area contributed by atoms with Crippen molar-refractivity contribution in [2.75, 3.05) is 10.5 Å². The van der Waals surface area contributed by atoms with Crippen molar-refractivity contribution in [1.29, 1.82) is 0 Å². The summed E-state index contributed by atoms with van der Waals surface area (Å²) in [6.45, 7) is 3.60. The van der Waals surface area contributed by atoms with E-state index in [1.165, 1.54) is 13.1 Å². The molecule has 0 radical (unpaired) electrons. The van der Waals surface area contributed by atoms with E-state index in [9.17, 15) is 23.1 Å². The van der Waals surface area contributed by atoms with Gasteiger partial charge in [0.1, 0.15) is 6.26 Å². The van der Waals surface area contributed by atoms with Crippen LogP contribution in [0.5, 0.6) is 5.75 Å². The zero-order chi connectivity index (χ0) is 22.9. The maximum atomic E-state index is 12.6. The number of aromatic amines is 1. The first-order valence-electron chi connectivity index (χ1n) is 10.4. The molecule has 0 aromatic carbocycles. The molecule has 0 saturated heterocycles. The zero-order valence-electron chi connectivity index (χ0n) is 17.8. The maximum Gasteiger partial charge on any atom is 0.309 e. The standard InChI is InChI=1S/C20H30N4O6S/c1-3-5-6-7-8-9-15(12-14-10-11-21-19(27)17(14)25)22-18(26)16-13-30-20(23-16)24-31(28,29)4-2/h10-11,13,15,25H,3-9,12H2,1-2H3,(H,21,27)(H,22,26)(H,23,24). The van der Waals surface area contributed by atoms with Gasteiger partial charge in [0.2, 0.25) is 10.0 Å². The number of carbonyl (C=O) groups is 1. The first kappa shape index (κ1) is 24.4. The highest BCUT2D eigenvalue weighted by atomic mass is 32.2. The van der Waals surface area contributed by atoms with Crippen LogP contribution in [-0.2, 0) is 16.4 Å². The molecule has 10 nitrogen and oxygen atoms in total. The Morgan fingerprint density at radius 1 is 1.26 bits per heavy atom. The number of carbonyl (C=O) groups excluding carboxylic acids is 1. The van der Waals surface area contributed by atoms with Gasteiger partial charge in [-0.25, -0.2) is 13.1 Å². The van der Waals surface area contributed by atoms with E-state index in [0.717, 1.165) is 38.4 Å². The molecule has 1 unspecified atom stereocenters. The second-order valence-corrected chi connectivity index (χ2v) is 9.31. The Balaban J connectivity index is 2.08. The third-order valence-electron chi connectivity index (χ3n) is 4.84. The van der Waals surface area contributed by atoms with Crippen LogP contribution in [0, 0.1) is 0 Å². The molecule has 0 aliphatic heterocycles. The molecule has 0 saturated carbocycles. The predicted molar refractivity (Wildman–Crippen MR) is 117 cm³/mol. The number of aromatic hydroxyl groups is 1. The number of hydrogen-bond donors (Lipinski definition) is 4. The number of nitrogens with one attached hydrogen (secondary N) is 3. The third-order valence-corrected chi connectivity index (χ3v) is 6.08. The predicted octanol–water partition coefficient (Wildman–Crippen LogP) is 2.53. The number of pyridine rings is 1. The molecular weight excluding hydrogens is 424 g/mol. The Morgan fingerprint density at radius 3 is 2.71 bits per heavy atom. The third kappa shape index (κ3) is 7.74. The van der Waals surface area contributed by atoms with Gasteiger partial charge in [-0.1, -0.05) is 39.0 Å². The molecule has 2 rings (SSSR count). The molecule has 31 heavy (non-hydrogen) atoms. The van der Waals surface area contributed by atoms with Gasteiger partial charge >= 0.3 is 6.01 Å². The molecule has 0 aliphatic carbocycles. The van der Waals surface area contributed by atoms with Crippen LogP contribution in [0.1, 0.15) is 68.4 Å². The van der Waals surface area contributed by atoms with Crippen molar-refractivity contribution in [3.8, 4) is 5.75 Å². The average molecular weight is 455 g/mol. The number of sulfonamides is 1. The number of nitrogens with zero attached hydrogens (tertiary/aromatic N) is 1. The number of unbranched alkanes of at least 4 members (excludes halogenated alkanes) is 4. The Hall–Kier alpha value is -2.82. The fraction of sp³-hybridized carbons (Fsp3) is 0.550. The highest BCUT2D eigenvalue weighted by Crippen LogP contribution is 2.17. The lowest BCUT2D eigenvalue weighted by Gasteiger charge is -2.18. The number of aromatic nitrogens is 2. The molecule has 0 fully saturated rings. The van der Waals surface area contributed by atoms with E-state index < -0.39 is 21.5 Å². The van der Waals surface area contributed by atoms with Crippen molar-refractivity contribution >= 4 is 21.9 Å². The van der Waals surface area contributed by atoms with E-state index in [1.54, 1.807) is 6.07 Å². The first-order valence-corrected chi connectivity index (χ1v) is 12.1. The zero-order valence-corrected chi connectivity index (χ0v) is 18.6. The summed E-state index contributed by atoms with van der Waals surface area (Å²) in [6.07, 6.45) is 8.67. The minimum atomic E-state index is -3.58. The summed E-state index contributed by atoms with van der Waals surface area (Å²) in [5.41, 5.74) is -0.228. The fourth-order valence-corrected chi connectivity index (χ4v) is 3.55. The van der Waals surface area contributed by atoms with Gasteiger partial charge in [-0.2, -0.15) is 4.98 Å².